The van der Waals surface area contributed by atoms with Crippen molar-refractivity contribution in [2.45, 2.75) is 57.9 Å². The van der Waals surface area contributed by atoms with Gasteiger partial charge in [-0.25, -0.2) is 0 Å². The Bertz CT molecular complexity index is 200. The molecule has 0 aromatic heterocycles. The zero-order valence-electron chi connectivity index (χ0n) is 11.2. The first-order valence-electron chi connectivity index (χ1n) is 6.89. The Kier molecular flexibility index (Phi) is 7.30. The first-order chi connectivity index (χ1) is 8.26. The molecule has 1 aliphatic heterocycles. The average molecular weight is 261 g/mol. The lowest BCUT2D eigenvalue weighted by molar-refractivity contribution is -0.109. The number of rotatable bonds is 8. The number of hydrogen-bond donors (Lipinski definition) is 1. The summed E-state index contributed by atoms with van der Waals surface area (Å²) in [7, 11) is -2.00. The quantitative estimate of drug-likeness (QED) is 0.538. The SMILES string of the molecule is CCOC1CCC[Si](CCCCN)(OCC)O1. The van der Waals surface area contributed by atoms with Gasteiger partial charge >= 0.3 is 8.56 Å². The number of hydrogen-bond acceptors (Lipinski definition) is 4. The largest absolute Gasteiger partial charge is 0.394 e. The number of ether oxygens (including phenoxy) is 1. The monoisotopic (exact) mass is 261 g/mol. The van der Waals surface area contributed by atoms with E-state index in [0.717, 1.165) is 44.5 Å². The molecule has 4 nitrogen and oxygen atoms in total. The van der Waals surface area contributed by atoms with Gasteiger partial charge in [0.05, 0.1) is 0 Å². The van der Waals surface area contributed by atoms with Gasteiger partial charge in [0.2, 0.25) is 0 Å². The van der Waals surface area contributed by atoms with Gasteiger partial charge in [0, 0.05) is 13.2 Å². The zero-order valence-corrected chi connectivity index (χ0v) is 12.2. The molecule has 1 fully saturated rings. The van der Waals surface area contributed by atoms with Crippen LogP contribution in [-0.2, 0) is 13.6 Å². The summed E-state index contributed by atoms with van der Waals surface area (Å²) in [6, 6.07) is 2.16. The maximum absolute atomic E-state index is 6.16. The zero-order chi connectivity index (χ0) is 12.6. The minimum atomic E-state index is -2.00. The van der Waals surface area contributed by atoms with Gasteiger partial charge < -0.3 is 19.3 Å². The predicted octanol–water partition coefficient (Wildman–Crippen LogP) is 2.38. The van der Waals surface area contributed by atoms with Gasteiger partial charge in [0.25, 0.3) is 0 Å². The molecule has 0 amide bonds. The van der Waals surface area contributed by atoms with E-state index in [-0.39, 0.29) is 6.29 Å². The van der Waals surface area contributed by atoms with Crippen LogP contribution in [0.15, 0.2) is 0 Å². The molecular weight excluding hydrogens is 234 g/mol. The standard InChI is InChI=1S/C12H27NO3Si/c1-3-14-12-8-7-11-17(16-12,15-4-2)10-6-5-9-13/h12H,3-11,13H2,1-2H3. The summed E-state index contributed by atoms with van der Waals surface area (Å²) in [5.41, 5.74) is 5.55. The Hall–Kier alpha value is 0.0569. The van der Waals surface area contributed by atoms with Crippen molar-refractivity contribution < 1.29 is 13.6 Å². The normalized spacial score (nSPS) is 29.5. The van der Waals surface area contributed by atoms with Crippen LogP contribution in [0.2, 0.25) is 12.1 Å². The number of nitrogens with two attached hydrogens (primary N) is 1. The van der Waals surface area contributed by atoms with Gasteiger partial charge in [-0.05, 0) is 51.7 Å². The fraction of sp³-hybridized carbons (Fsp3) is 1.00. The van der Waals surface area contributed by atoms with Crippen molar-refractivity contribution in [2.24, 2.45) is 5.73 Å². The molecule has 2 N–H and O–H groups in total. The fourth-order valence-electron chi connectivity index (χ4n) is 2.36. The highest BCUT2D eigenvalue weighted by molar-refractivity contribution is 6.67. The Balaban J connectivity index is 2.49. The molecule has 17 heavy (non-hydrogen) atoms. The molecule has 1 heterocycles. The molecular formula is C12H27NO3Si. The molecule has 102 valence electrons. The van der Waals surface area contributed by atoms with E-state index < -0.39 is 8.56 Å². The van der Waals surface area contributed by atoms with Crippen molar-refractivity contribution >= 4 is 8.56 Å². The molecule has 1 rings (SSSR count). The third-order valence-corrected chi connectivity index (χ3v) is 6.85. The first-order valence-corrected chi connectivity index (χ1v) is 9.13. The van der Waals surface area contributed by atoms with E-state index in [1.807, 2.05) is 13.8 Å². The molecule has 0 aliphatic carbocycles. The maximum atomic E-state index is 6.16. The minimum Gasteiger partial charge on any atom is -0.394 e. The van der Waals surface area contributed by atoms with E-state index in [2.05, 4.69) is 0 Å². The van der Waals surface area contributed by atoms with Gasteiger partial charge in [0.15, 0.2) is 0 Å². The van der Waals surface area contributed by atoms with Gasteiger partial charge in [-0.1, -0.05) is 6.42 Å². The van der Waals surface area contributed by atoms with Crippen LogP contribution in [0.3, 0.4) is 0 Å². The van der Waals surface area contributed by atoms with Crippen molar-refractivity contribution in [2.75, 3.05) is 19.8 Å². The third kappa shape index (κ3) is 5.05. The Morgan fingerprint density at radius 1 is 1.29 bits per heavy atom. The van der Waals surface area contributed by atoms with Gasteiger partial charge in [-0.2, -0.15) is 0 Å². The highest BCUT2D eigenvalue weighted by Gasteiger charge is 2.42. The van der Waals surface area contributed by atoms with Crippen LogP contribution >= 0.6 is 0 Å². The molecule has 0 spiro atoms. The smallest absolute Gasteiger partial charge is 0.340 e. The molecule has 1 aliphatic rings. The molecule has 0 aromatic rings. The highest BCUT2D eigenvalue weighted by atomic mass is 28.4. The average Bonchev–Trinajstić information content (AvgIpc) is 2.30. The van der Waals surface area contributed by atoms with Crippen molar-refractivity contribution in [3.8, 4) is 0 Å². The summed E-state index contributed by atoms with van der Waals surface area (Å²) in [6.07, 6.45) is 4.31. The van der Waals surface area contributed by atoms with Crippen molar-refractivity contribution in [1.29, 1.82) is 0 Å². The Morgan fingerprint density at radius 2 is 2.12 bits per heavy atom. The number of unbranched alkanes of at least 4 members (excludes halogenated alkanes) is 1. The van der Waals surface area contributed by atoms with E-state index in [1.165, 1.54) is 6.42 Å². The van der Waals surface area contributed by atoms with Crippen LogP contribution in [0, 0.1) is 0 Å². The lowest BCUT2D eigenvalue weighted by atomic mass is 10.3. The Labute approximate surface area is 106 Å². The van der Waals surface area contributed by atoms with Crippen LogP contribution in [0.4, 0.5) is 0 Å². The summed E-state index contributed by atoms with van der Waals surface area (Å²) >= 11 is 0. The lowest BCUT2D eigenvalue weighted by Crippen LogP contribution is -2.48. The summed E-state index contributed by atoms with van der Waals surface area (Å²) in [6.45, 7) is 6.27. The summed E-state index contributed by atoms with van der Waals surface area (Å²) in [5.74, 6) is 0. The molecule has 0 saturated carbocycles. The lowest BCUT2D eigenvalue weighted by Gasteiger charge is -2.38. The topological polar surface area (TPSA) is 53.7 Å². The van der Waals surface area contributed by atoms with Crippen LogP contribution in [-0.4, -0.2) is 34.6 Å². The van der Waals surface area contributed by atoms with Crippen molar-refractivity contribution in [1.82, 2.24) is 0 Å². The van der Waals surface area contributed by atoms with E-state index in [4.69, 9.17) is 19.3 Å². The van der Waals surface area contributed by atoms with Crippen molar-refractivity contribution in [3.63, 3.8) is 0 Å². The summed E-state index contributed by atoms with van der Waals surface area (Å²) in [5, 5.41) is 0. The molecule has 1 saturated heterocycles. The minimum absolute atomic E-state index is 0.0372. The van der Waals surface area contributed by atoms with Gasteiger partial charge in [-0.3, -0.25) is 0 Å². The van der Waals surface area contributed by atoms with Crippen LogP contribution < -0.4 is 5.73 Å². The van der Waals surface area contributed by atoms with E-state index >= 15 is 0 Å². The molecule has 2 unspecified atom stereocenters. The van der Waals surface area contributed by atoms with Gasteiger partial charge in [0.1, 0.15) is 6.29 Å². The first kappa shape index (κ1) is 15.1. The highest BCUT2D eigenvalue weighted by Crippen LogP contribution is 2.32. The fourth-order valence-corrected chi connectivity index (χ4v) is 5.93. The second kappa shape index (κ2) is 8.21. The van der Waals surface area contributed by atoms with Crippen molar-refractivity contribution in [3.05, 3.63) is 0 Å². The maximum Gasteiger partial charge on any atom is 0.340 e. The van der Waals surface area contributed by atoms with E-state index in [1.54, 1.807) is 0 Å². The second-order valence-corrected chi connectivity index (χ2v) is 7.83. The predicted molar refractivity (Wildman–Crippen MR) is 71.0 cm³/mol. The third-order valence-electron chi connectivity index (χ3n) is 3.12. The van der Waals surface area contributed by atoms with Crippen LogP contribution in [0.25, 0.3) is 0 Å². The molecule has 0 radical (unpaired) electrons. The van der Waals surface area contributed by atoms with Crippen LogP contribution in [0.5, 0.6) is 0 Å². The second-order valence-electron chi connectivity index (χ2n) is 4.48. The van der Waals surface area contributed by atoms with Gasteiger partial charge in [-0.15, -0.1) is 0 Å². The molecule has 5 heteroatoms. The molecule has 0 aromatic carbocycles. The molecule has 2 atom stereocenters. The van der Waals surface area contributed by atoms with E-state index in [9.17, 15) is 0 Å². The van der Waals surface area contributed by atoms with Crippen LogP contribution in [0.1, 0.15) is 39.5 Å². The Morgan fingerprint density at radius 3 is 2.76 bits per heavy atom. The molecule has 0 bridgehead atoms. The van der Waals surface area contributed by atoms with E-state index in [0.29, 0.717) is 6.61 Å². The summed E-state index contributed by atoms with van der Waals surface area (Å²) < 4.78 is 17.7. The summed E-state index contributed by atoms with van der Waals surface area (Å²) in [4.78, 5) is 0.